The number of hydrogen-bond donors (Lipinski definition) is 2. The molecule has 0 unspecified atom stereocenters. The quantitative estimate of drug-likeness (QED) is 0.631. The molecule has 3 rings (SSSR count). The van der Waals surface area contributed by atoms with Crippen molar-refractivity contribution in [1.82, 2.24) is 9.97 Å². The zero-order chi connectivity index (χ0) is 16.2. The van der Waals surface area contributed by atoms with Crippen molar-refractivity contribution in [3.63, 3.8) is 0 Å². The Hall–Kier alpha value is -2.41. The maximum Gasteiger partial charge on any atom is 0.353 e. The molecule has 2 N–H and O–H groups in total. The second-order valence-electron chi connectivity index (χ2n) is 5.43. The van der Waals surface area contributed by atoms with E-state index in [1.54, 1.807) is 24.3 Å². The molecule has 7 nitrogen and oxygen atoms in total. The average Bonchev–Trinajstić information content (AvgIpc) is 3.02. The fraction of sp³-hybridized carbons (Fsp3) is 0.333. The monoisotopic (exact) mass is 333 g/mol. The first kappa shape index (κ1) is 15.5. The average molecular weight is 334 g/mol. The lowest BCUT2D eigenvalue weighted by Gasteiger charge is -2.14. The molecule has 120 valence electrons. The van der Waals surface area contributed by atoms with Crippen LogP contribution in [0.15, 0.2) is 30.6 Å². The van der Waals surface area contributed by atoms with E-state index in [2.05, 4.69) is 20.6 Å². The molecule has 1 aliphatic carbocycles. The standard InChI is InChI=1S/C15H16ClN5O2/c16-10-5-7-12(8-6-10)20-15-13(21(22)23)14(17-9-18-15)19-11-3-1-2-4-11/h5-9,11H,1-4H2,(H2,17,18,19,20). The lowest BCUT2D eigenvalue weighted by Crippen LogP contribution is -2.17. The van der Waals surface area contributed by atoms with Crippen LogP contribution in [0.4, 0.5) is 23.0 Å². The molecule has 0 aliphatic heterocycles. The summed E-state index contributed by atoms with van der Waals surface area (Å²) in [7, 11) is 0. The molecule has 1 fully saturated rings. The van der Waals surface area contributed by atoms with E-state index in [9.17, 15) is 10.1 Å². The smallest absolute Gasteiger partial charge is 0.353 e. The van der Waals surface area contributed by atoms with Gasteiger partial charge in [0.2, 0.25) is 11.6 Å². The molecule has 2 aromatic rings. The van der Waals surface area contributed by atoms with Gasteiger partial charge in [-0.1, -0.05) is 24.4 Å². The minimum Gasteiger partial charge on any atom is -0.361 e. The summed E-state index contributed by atoms with van der Waals surface area (Å²) in [5.41, 5.74) is 0.525. The Morgan fingerprint density at radius 3 is 2.43 bits per heavy atom. The van der Waals surface area contributed by atoms with Gasteiger partial charge < -0.3 is 10.6 Å². The Balaban J connectivity index is 1.89. The molecule has 0 amide bonds. The van der Waals surface area contributed by atoms with E-state index in [1.165, 1.54) is 6.33 Å². The Labute approximate surface area is 138 Å². The molecular formula is C15H16ClN5O2. The van der Waals surface area contributed by atoms with Crippen molar-refractivity contribution in [1.29, 1.82) is 0 Å². The van der Waals surface area contributed by atoms with Crippen LogP contribution in [0, 0.1) is 10.1 Å². The first-order chi connectivity index (χ1) is 11.1. The minimum absolute atomic E-state index is 0.144. The zero-order valence-electron chi connectivity index (χ0n) is 12.3. The molecule has 8 heteroatoms. The zero-order valence-corrected chi connectivity index (χ0v) is 13.1. The Kier molecular flexibility index (Phi) is 4.57. The van der Waals surface area contributed by atoms with E-state index in [4.69, 9.17) is 11.6 Å². The van der Waals surface area contributed by atoms with Crippen molar-refractivity contribution >= 4 is 34.6 Å². The lowest BCUT2D eigenvalue weighted by atomic mass is 10.2. The van der Waals surface area contributed by atoms with Gasteiger partial charge in [-0.2, -0.15) is 0 Å². The molecule has 0 atom stereocenters. The van der Waals surface area contributed by atoms with Crippen LogP contribution >= 0.6 is 11.6 Å². The van der Waals surface area contributed by atoms with Crippen molar-refractivity contribution in [2.75, 3.05) is 10.6 Å². The van der Waals surface area contributed by atoms with E-state index in [1.807, 2.05) is 0 Å². The van der Waals surface area contributed by atoms with Gasteiger partial charge in [-0.25, -0.2) is 9.97 Å². The molecule has 1 saturated carbocycles. The number of nitrogens with one attached hydrogen (secondary N) is 2. The number of nitrogens with zero attached hydrogens (tertiary/aromatic N) is 3. The summed E-state index contributed by atoms with van der Waals surface area (Å²) in [6.45, 7) is 0. The Morgan fingerprint density at radius 2 is 1.78 bits per heavy atom. The molecule has 1 aromatic heterocycles. The summed E-state index contributed by atoms with van der Waals surface area (Å²) in [6, 6.07) is 7.10. The number of nitro groups is 1. The second-order valence-corrected chi connectivity index (χ2v) is 5.87. The third kappa shape index (κ3) is 3.68. The van der Waals surface area contributed by atoms with Gasteiger partial charge in [0.05, 0.1) is 4.92 Å². The van der Waals surface area contributed by atoms with E-state index in [0.29, 0.717) is 10.7 Å². The molecular weight excluding hydrogens is 318 g/mol. The van der Waals surface area contributed by atoms with Gasteiger partial charge in [-0.3, -0.25) is 10.1 Å². The van der Waals surface area contributed by atoms with Crippen LogP contribution < -0.4 is 10.6 Å². The van der Waals surface area contributed by atoms with Gasteiger partial charge in [0.25, 0.3) is 0 Å². The predicted octanol–water partition coefficient (Wildman–Crippen LogP) is 4.14. The third-order valence-corrected chi connectivity index (χ3v) is 4.06. The highest BCUT2D eigenvalue weighted by atomic mass is 35.5. The summed E-state index contributed by atoms with van der Waals surface area (Å²) < 4.78 is 0. The van der Waals surface area contributed by atoms with Crippen molar-refractivity contribution in [2.24, 2.45) is 0 Å². The predicted molar refractivity (Wildman–Crippen MR) is 89.3 cm³/mol. The van der Waals surface area contributed by atoms with Gasteiger partial charge in [-0.15, -0.1) is 0 Å². The number of anilines is 3. The molecule has 1 aliphatic rings. The van der Waals surface area contributed by atoms with Crippen molar-refractivity contribution < 1.29 is 4.92 Å². The molecule has 0 spiro atoms. The highest BCUT2D eigenvalue weighted by Gasteiger charge is 2.26. The first-order valence-corrected chi connectivity index (χ1v) is 7.80. The summed E-state index contributed by atoms with van der Waals surface area (Å²) in [5, 5.41) is 18.2. The summed E-state index contributed by atoms with van der Waals surface area (Å²) >= 11 is 5.85. The summed E-state index contributed by atoms with van der Waals surface area (Å²) in [5.74, 6) is 0.418. The SMILES string of the molecule is O=[N+]([O-])c1c(Nc2ccc(Cl)cc2)ncnc1NC1CCCC1. The highest BCUT2D eigenvalue weighted by molar-refractivity contribution is 6.30. The molecule has 1 aromatic carbocycles. The third-order valence-electron chi connectivity index (χ3n) is 3.81. The maximum atomic E-state index is 11.5. The largest absolute Gasteiger partial charge is 0.361 e. The van der Waals surface area contributed by atoms with Crippen LogP contribution in [0.5, 0.6) is 0 Å². The van der Waals surface area contributed by atoms with E-state index < -0.39 is 4.92 Å². The van der Waals surface area contributed by atoms with Gasteiger partial charge >= 0.3 is 5.69 Å². The van der Waals surface area contributed by atoms with Gasteiger partial charge in [0.15, 0.2) is 0 Å². The van der Waals surface area contributed by atoms with Crippen LogP contribution in [0.3, 0.4) is 0 Å². The molecule has 0 saturated heterocycles. The van der Waals surface area contributed by atoms with E-state index in [-0.39, 0.29) is 23.4 Å². The minimum atomic E-state index is -0.463. The second kappa shape index (κ2) is 6.78. The number of rotatable bonds is 5. The fourth-order valence-corrected chi connectivity index (χ4v) is 2.81. The lowest BCUT2D eigenvalue weighted by molar-refractivity contribution is -0.383. The molecule has 23 heavy (non-hydrogen) atoms. The number of aromatic nitrogens is 2. The van der Waals surface area contributed by atoms with E-state index >= 15 is 0 Å². The molecule has 1 heterocycles. The maximum absolute atomic E-state index is 11.5. The summed E-state index contributed by atoms with van der Waals surface area (Å²) in [6.07, 6.45) is 5.59. The van der Waals surface area contributed by atoms with Crippen LogP contribution in [-0.2, 0) is 0 Å². The van der Waals surface area contributed by atoms with E-state index in [0.717, 1.165) is 25.7 Å². The Morgan fingerprint density at radius 1 is 1.13 bits per heavy atom. The first-order valence-electron chi connectivity index (χ1n) is 7.42. The van der Waals surface area contributed by atoms with Gasteiger partial charge in [0, 0.05) is 16.8 Å². The van der Waals surface area contributed by atoms with Crippen molar-refractivity contribution in [3.05, 3.63) is 45.7 Å². The number of hydrogen-bond acceptors (Lipinski definition) is 6. The molecule has 0 radical (unpaired) electrons. The number of benzene rings is 1. The fourth-order valence-electron chi connectivity index (χ4n) is 2.68. The van der Waals surface area contributed by atoms with Crippen molar-refractivity contribution in [2.45, 2.75) is 31.7 Å². The van der Waals surface area contributed by atoms with Gasteiger partial charge in [0.1, 0.15) is 6.33 Å². The molecule has 0 bridgehead atoms. The highest BCUT2D eigenvalue weighted by Crippen LogP contribution is 2.33. The number of halogens is 1. The van der Waals surface area contributed by atoms with Crippen LogP contribution in [-0.4, -0.2) is 20.9 Å². The van der Waals surface area contributed by atoms with Crippen LogP contribution in [0.2, 0.25) is 5.02 Å². The van der Waals surface area contributed by atoms with Crippen molar-refractivity contribution in [3.8, 4) is 0 Å². The normalized spacial score (nSPS) is 14.7. The van der Waals surface area contributed by atoms with Crippen LogP contribution in [0.1, 0.15) is 25.7 Å². The van der Waals surface area contributed by atoms with Gasteiger partial charge in [-0.05, 0) is 37.1 Å². The Bertz CT molecular complexity index is 702. The summed E-state index contributed by atoms with van der Waals surface area (Å²) in [4.78, 5) is 19.1. The topological polar surface area (TPSA) is 93.0 Å². The van der Waals surface area contributed by atoms with Crippen LogP contribution in [0.25, 0.3) is 0 Å².